The first-order valence-electron chi connectivity index (χ1n) is 5.77. The number of hydrogen-bond acceptors (Lipinski definition) is 1. The van der Waals surface area contributed by atoms with Crippen LogP contribution in [0.3, 0.4) is 0 Å². The highest BCUT2D eigenvalue weighted by atomic mass is 15.1. The average molecular weight is 205 g/mol. The summed E-state index contributed by atoms with van der Waals surface area (Å²) in [7, 11) is 2.21. The first-order valence-corrected chi connectivity index (χ1v) is 5.77. The summed E-state index contributed by atoms with van der Waals surface area (Å²) in [6, 6.07) is 9.26. The van der Waals surface area contributed by atoms with Gasteiger partial charge < -0.3 is 0 Å². The zero-order valence-corrected chi connectivity index (χ0v) is 10.6. The quantitative estimate of drug-likeness (QED) is 0.727. The van der Waals surface area contributed by atoms with Crippen LogP contribution in [0.25, 0.3) is 0 Å². The molecule has 0 N–H and O–H groups in total. The van der Waals surface area contributed by atoms with E-state index >= 15 is 0 Å². The van der Waals surface area contributed by atoms with Crippen molar-refractivity contribution >= 4 is 0 Å². The van der Waals surface area contributed by atoms with Gasteiger partial charge in [-0.05, 0) is 37.9 Å². The molecule has 0 saturated heterocycles. The summed E-state index contributed by atoms with van der Waals surface area (Å²) in [6.45, 7) is 10.1. The van der Waals surface area contributed by atoms with Crippen molar-refractivity contribution in [3.8, 4) is 0 Å². The summed E-state index contributed by atoms with van der Waals surface area (Å²) >= 11 is 0. The van der Waals surface area contributed by atoms with Gasteiger partial charge in [0.15, 0.2) is 0 Å². The number of hydrogen-bond donors (Lipinski definition) is 0. The predicted molar refractivity (Wildman–Crippen MR) is 66.9 cm³/mol. The standard InChI is InChI=1S/C14H23N/c1-11(2)13(4)15(5)10-14-9-7-6-8-12(14)3/h6-9,11,13H,10H2,1-5H3. The molecule has 1 heteroatoms. The van der Waals surface area contributed by atoms with Gasteiger partial charge in [0.05, 0.1) is 0 Å². The second-order valence-corrected chi connectivity index (χ2v) is 4.83. The minimum Gasteiger partial charge on any atom is -0.299 e. The van der Waals surface area contributed by atoms with Crippen molar-refractivity contribution in [2.24, 2.45) is 5.92 Å². The Morgan fingerprint density at radius 3 is 2.27 bits per heavy atom. The summed E-state index contributed by atoms with van der Waals surface area (Å²) in [5, 5.41) is 0. The van der Waals surface area contributed by atoms with Crippen LogP contribution in [-0.2, 0) is 6.54 Å². The van der Waals surface area contributed by atoms with Crippen molar-refractivity contribution in [1.29, 1.82) is 0 Å². The number of aryl methyl sites for hydroxylation is 1. The van der Waals surface area contributed by atoms with Crippen molar-refractivity contribution in [2.45, 2.75) is 40.3 Å². The van der Waals surface area contributed by atoms with Gasteiger partial charge in [0.25, 0.3) is 0 Å². The highest BCUT2D eigenvalue weighted by Crippen LogP contribution is 2.14. The minimum absolute atomic E-state index is 0.629. The molecule has 0 aliphatic carbocycles. The van der Waals surface area contributed by atoms with Crippen molar-refractivity contribution in [3.05, 3.63) is 35.4 Å². The van der Waals surface area contributed by atoms with Crippen molar-refractivity contribution in [2.75, 3.05) is 7.05 Å². The molecule has 1 atom stereocenters. The Morgan fingerprint density at radius 2 is 1.73 bits per heavy atom. The SMILES string of the molecule is Cc1ccccc1CN(C)C(C)C(C)C. The van der Waals surface area contributed by atoms with Crippen LogP contribution in [0.2, 0.25) is 0 Å². The second-order valence-electron chi connectivity index (χ2n) is 4.83. The monoisotopic (exact) mass is 205 g/mol. The van der Waals surface area contributed by atoms with Crippen LogP contribution in [0.1, 0.15) is 31.9 Å². The fraction of sp³-hybridized carbons (Fsp3) is 0.571. The highest BCUT2D eigenvalue weighted by molar-refractivity contribution is 5.25. The molecule has 1 aromatic carbocycles. The molecule has 1 unspecified atom stereocenters. The van der Waals surface area contributed by atoms with Crippen LogP contribution in [0.5, 0.6) is 0 Å². The summed E-state index contributed by atoms with van der Waals surface area (Å²) in [5.74, 6) is 0.707. The van der Waals surface area contributed by atoms with E-state index in [4.69, 9.17) is 0 Å². The van der Waals surface area contributed by atoms with Crippen molar-refractivity contribution in [3.63, 3.8) is 0 Å². The zero-order chi connectivity index (χ0) is 11.4. The third-order valence-electron chi connectivity index (χ3n) is 3.34. The van der Waals surface area contributed by atoms with Crippen LogP contribution < -0.4 is 0 Å². The van der Waals surface area contributed by atoms with E-state index in [1.54, 1.807) is 0 Å². The van der Waals surface area contributed by atoms with E-state index in [0.717, 1.165) is 6.54 Å². The molecular weight excluding hydrogens is 182 g/mol. The van der Waals surface area contributed by atoms with Gasteiger partial charge in [-0.2, -0.15) is 0 Å². The maximum atomic E-state index is 2.42. The Kier molecular flexibility index (Phi) is 4.34. The maximum absolute atomic E-state index is 2.42. The zero-order valence-electron chi connectivity index (χ0n) is 10.6. The van der Waals surface area contributed by atoms with E-state index in [0.29, 0.717) is 12.0 Å². The minimum atomic E-state index is 0.629. The molecule has 1 rings (SSSR count). The van der Waals surface area contributed by atoms with Gasteiger partial charge in [0.2, 0.25) is 0 Å². The molecule has 0 saturated carbocycles. The predicted octanol–water partition coefficient (Wildman–Crippen LogP) is 3.47. The Bertz CT molecular complexity index is 304. The first-order chi connectivity index (χ1) is 7.02. The van der Waals surface area contributed by atoms with E-state index < -0.39 is 0 Å². The van der Waals surface area contributed by atoms with Gasteiger partial charge in [-0.25, -0.2) is 0 Å². The Hall–Kier alpha value is -0.820. The lowest BCUT2D eigenvalue weighted by molar-refractivity contribution is 0.200. The van der Waals surface area contributed by atoms with E-state index in [1.165, 1.54) is 11.1 Å². The second kappa shape index (κ2) is 5.32. The van der Waals surface area contributed by atoms with Crippen LogP contribution in [0.4, 0.5) is 0 Å². The Labute approximate surface area is 94.1 Å². The molecular formula is C14H23N. The van der Waals surface area contributed by atoms with Gasteiger partial charge in [-0.15, -0.1) is 0 Å². The van der Waals surface area contributed by atoms with Gasteiger partial charge in [-0.3, -0.25) is 4.90 Å². The molecule has 0 bridgehead atoms. The van der Waals surface area contributed by atoms with Gasteiger partial charge >= 0.3 is 0 Å². The molecule has 0 spiro atoms. The summed E-state index contributed by atoms with van der Waals surface area (Å²) < 4.78 is 0. The summed E-state index contributed by atoms with van der Waals surface area (Å²) in [4.78, 5) is 2.42. The number of rotatable bonds is 4. The van der Waals surface area contributed by atoms with E-state index in [9.17, 15) is 0 Å². The van der Waals surface area contributed by atoms with E-state index in [1.807, 2.05) is 0 Å². The number of benzene rings is 1. The third kappa shape index (κ3) is 3.35. The van der Waals surface area contributed by atoms with Gasteiger partial charge in [0, 0.05) is 12.6 Å². The Morgan fingerprint density at radius 1 is 1.13 bits per heavy atom. The molecule has 1 nitrogen and oxygen atoms in total. The molecule has 0 fully saturated rings. The topological polar surface area (TPSA) is 3.24 Å². The molecule has 0 aliphatic rings. The molecule has 0 heterocycles. The first kappa shape index (κ1) is 12.3. The lowest BCUT2D eigenvalue weighted by atomic mass is 10.0. The van der Waals surface area contributed by atoms with Crippen LogP contribution >= 0.6 is 0 Å². The normalized spacial score (nSPS) is 13.5. The molecule has 0 aliphatic heterocycles. The lowest BCUT2D eigenvalue weighted by Crippen LogP contribution is -2.32. The van der Waals surface area contributed by atoms with Gasteiger partial charge in [-0.1, -0.05) is 38.1 Å². The van der Waals surface area contributed by atoms with E-state index in [-0.39, 0.29) is 0 Å². The molecule has 84 valence electrons. The highest BCUT2D eigenvalue weighted by Gasteiger charge is 2.13. The molecule has 15 heavy (non-hydrogen) atoms. The molecule has 0 aromatic heterocycles. The van der Waals surface area contributed by atoms with Gasteiger partial charge in [0.1, 0.15) is 0 Å². The van der Waals surface area contributed by atoms with Crippen molar-refractivity contribution in [1.82, 2.24) is 4.90 Å². The van der Waals surface area contributed by atoms with Crippen LogP contribution in [0.15, 0.2) is 24.3 Å². The van der Waals surface area contributed by atoms with Crippen LogP contribution in [0, 0.1) is 12.8 Å². The fourth-order valence-corrected chi connectivity index (χ4v) is 1.71. The largest absolute Gasteiger partial charge is 0.299 e. The third-order valence-corrected chi connectivity index (χ3v) is 3.34. The van der Waals surface area contributed by atoms with Crippen molar-refractivity contribution < 1.29 is 0 Å². The molecule has 0 radical (unpaired) electrons. The smallest absolute Gasteiger partial charge is 0.0236 e. The number of nitrogens with zero attached hydrogens (tertiary/aromatic N) is 1. The summed E-state index contributed by atoms with van der Waals surface area (Å²) in [6.07, 6.45) is 0. The van der Waals surface area contributed by atoms with E-state index in [2.05, 4.69) is 63.9 Å². The average Bonchev–Trinajstić information content (AvgIpc) is 2.20. The maximum Gasteiger partial charge on any atom is 0.0236 e. The summed E-state index contributed by atoms with van der Waals surface area (Å²) in [5.41, 5.74) is 2.83. The lowest BCUT2D eigenvalue weighted by Gasteiger charge is -2.28. The Balaban J connectivity index is 2.66. The van der Waals surface area contributed by atoms with Crippen LogP contribution in [-0.4, -0.2) is 18.0 Å². The molecule has 1 aromatic rings. The fourth-order valence-electron chi connectivity index (χ4n) is 1.71. The molecule has 0 amide bonds.